The van der Waals surface area contributed by atoms with Crippen molar-refractivity contribution in [2.24, 2.45) is 0 Å². The average Bonchev–Trinajstić information content (AvgIpc) is 3.21. The molecule has 13 nitrogen and oxygen atoms in total. The second kappa shape index (κ2) is 12.0. The van der Waals surface area contributed by atoms with Gasteiger partial charge in [0.1, 0.15) is 35.2 Å². The highest BCUT2D eigenvalue weighted by atomic mass is 31.2. The quantitative estimate of drug-likeness (QED) is 0.275. The molecule has 4 rings (SSSR count). The highest BCUT2D eigenvalue weighted by Gasteiger charge is 2.62. The van der Waals surface area contributed by atoms with Gasteiger partial charge in [-0.3, -0.25) is 18.9 Å². The first-order valence-electron chi connectivity index (χ1n) is 11.7. The van der Waals surface area contributed by atoms with Crippen molar-refractivity contribution in [3.05, 3.63) is 81.4 Å². The van der Waals surface area contributed by atoms with E-state index in [9.17, 15) is 37.5 Å². The van der Waals surface area contributed by atoms with Crippen LogP contribution in [0.2, 0.25) is 0 Å². The zero-order chi connectivity index (χ0) is 29.9. The average molecular weight is 604 g/mol. The summed E-state index contributed by atoms with van der Waals surface area (Å²) in [5, 5.41) is 21.1. The van der Waals surface area contributed by atoms with E-state index in [0.29, 0.717) is 17.7 Å². The number of alkyl halides is 2. The van der Waals surface area contributed by atoms with Gasteiger partial charge in [0.2, 0.25) is 5.82 Å². The normalized spacial score (nSPS) is 22.5. The van der Waals surface area contributed by atoms with Crippen molar-refractivity contribution < 1.29 is 55.7 Å². The molecule has 0 unspecified atom stereocenters. The van der Waals surface area contributed by atoms with Crippen LogP contribution in [0.25, 0.3) is 0 Å². The molecule has 0 saturated carbocycles. The highest BCUT2D eigenvalue weighted by molar-refractivity contribution is 7.49. The van der Waals surface area contributed by atoms with Gasteiger partial charge in [-0.2, -0.15) is 4.39 Å². The lowest BCUT2D eigenvalue weighted by atomic mass is 9.96. The summed E-state index contributed by atoms with van der Waals surface area (Å²) < 4.78 is 88.1. The van der Waals surface area contributed by atoms with Crippen LogP contribution in [0, 0.1) is 5.82 Å². The Morgan fingerprint density at radius 3 is 1.93 bits per heavy atom. The first kappa shape index (κ1) is 30.1. The van der Waals surface area contributed by atoms with Gasteiger partial charge >= 0.3 is 13.5 Å². The summed E-state index contributed by atoms with van der Waals surface area (Å²) in [6.07, 6.45) is -10.1. The van der Waals surface area contributed by atoms with Crippen LogP contribution < -0.4 is 29.8 Å². The predicted molar refractivity (Wildman–Crippen MR) is 133 cm³/mol. The molecule has 0 bridgehead atoms. The number of aromatic amines is 1. The third kappa shape index (κ3) is 6.26. The van der Waals surface area contributed by atoms with Gasteiger partial charge in [-0.25, -0.2) is 18.1 Å². The predicted octanol–water partition coefficient (Wildman–Crippen LogP) is 2.23. The van der Waals surface area contributed by atoms with Crippen molar-refractivity contribution in [3.63, 3.8) is 0 Å². The molecule has 1 aliphatic rings. The Balaban J connectivity index is 1.65. The summed E-state index contributed by atoms with van der Waals surface area (Å²) in [6.45, 7) is -1.41. The summed E-state index contributed by atoms with van der Waals surface area (Å²) in [7, 11) is -2.06. The Morgan fingerprint density at radius 2 is 1.46 bits per heavy atom. The number of rotatable bonds is 11. The van der Waals surface area contributed by atoms with Gasteiger partial charge in [0.25, 0.3) is 12.0 Å². The number of ether oxygens (including phenoxy) is 3. The summed E-state index contributed by atoms with van der Waals surface area (Å²) in [4.78, 5) is 25.1. The SMILES string of the molecule is COc1ccc(OP(=O)(OC[C@@]2(C(F)F)O[C@@H](n3cc(F)c(=O)[nH]c3=O)[C@@H](O)[C@@H]2O)Oc2ccc(OC)cc2)cc1. The number of aromatic nitrogens is 2. The number of phosphoric ester groups is 1. The minimum atomic E-state index is -4.87. The van der Waals surface area contributed by atoms with E-state index >= 15 is 0 Å². The number of aliphatic hydroxyl groups excluding tert-OH is 2. The maximum absolute atomic E-state index is 14.5. The Morgan fingerprint density at radius 1 is 0.976 bits per heavy atom. The summed E-state index contributed by atoms with van der Waals surface area (Å²) in [5.41, 5.74) is -5.86. The number of H-pyrrole nitrogens is 1. The molecule has 0 spiro atoms. The van der Waals surface area contributed by atoms with Crippen LogP contribution in [0.3, 0.4) is 0 Å². The number of nitrogens with one attached hydrogen (secondary N) is 1. The van der Waals surface area contributed by atoms with Crippen LogP contribution in [-0.4, -0.2) is 64.8 Å². The number of methoxy groups -OCH3 is 2. The van der Waals surface area contributed by atoms with E-state index < -0.39 is 62.0 Å². The Kier molecular flexibility index (Phi) is 8.80. The van der Waals surface area contributed by atoms with Crippen LogP contribution in [0.4, 0.5) is 13.2 Å². The smallest absolute Gasteiger partial charge is 0.497 e. The molecule has 3 aromatic rings. The third-order valence-corrected chi connectivity index (χ3v) is 7.34. The zero-order valence-electron chi connectivity index (χ0n) is 21.3. The van der Waals surface area contributed by atoms with Crippen molar-refractivity contribution >= 4 is 7.82 Å². The Labute approximate surface area is 229 Å². The lowest BCUT2D eigenvalue weighted by Gasteiger charge is -2.31. The molecule has 41 heavy (non-hydrogen) atoms. The molecule has 0 amide bonds. The summed E-state index contributed by atoms with van der Waals surface area (Å²) in [5.74, 6) is -0.842. The zero-order valence-corrected chi connectivity index (χ0v) is 22.2. The van der Waals surface area contributed by atoms with Gasteiger partial charge in [0.05, 0.1) is 27.0 Å². The molecule has 2 aromatic carbocycles. The second-order valence-corrected chi connectivity index (χ2v) is 10.1. The number of aliphatic hydroxyl groups is 2. The number of halogens is 3. The van der Waals surface area contributed by atoms with E-state index in [2.05, 4.69) is 0 Å². The molecule has 3 N–H and O–H groups in total. The van der Waals surface area contributed by atoms with Crippen molar-refractivity contribution in [2.75, 3.05) is 20.8 Å². The first-order valence-corrected chi connectivity index (χ1v) is 13.1. The molecule has 17 heteroatoms. The van der Waals surface area contributed by atoms with E-state index in [1.54, 1.807) is 4.98 Å². The van der Waals surface area contributed by atoms with Crippen molar-refractivity contribution in [3.8, 4) is 23.0 Å². The lowest BCUT2D eigenvalue weighted by molar-refractivity contribution is -0.193. The lowest BCUT2D eigenvalue weighted by Crippen LogP contribution is -2.52. The van der Waals surface area contributed by atoms with Gasteiger partial charge in [-0.1, -0.05) is 0 Å². The van der Waals surface area contributed by atoms with Crippen LogP contribution in [0.5, 0.6) is 23.0 Å². The van der Waals surface area contributed by atoms with Gasteiger partial charge in [0.15, 0.2) is 11.8 Å². The maximum Gasteiger partial charge on any atom is 0.587 e. The molecule has 222 valence electrons. The van der Waals surface area contributed by atoms with Crippen LogP contribution in [0.15, 0.2) is 64.3 Å². The Hall–Kier alpha value is -3.82. The summed E-state index contributed by atoms with van der Waals surface area (Å²) >= 11 is 0. The third-order valence-electron chi connectivity index (χ3n) is 6.03. The topological polar surface area (TPSA) is 168 Å². The summed E-state index contributed by atoms with van der Waals surface area (Å²) in [6, 6.07) is 11.1. The van der Waals surface area contributed by atoms with E-state index in [1.165, 1.54) is 62.8 Å². The minimum Gasteiger partial charge on any atom is -0.497 e. The molecular weight excluding hydrogens is 580 g/mol. The van der Waals surface area contributed by atoms with Gasteiger partial charge < -0.3 is 33.5 Å². The number of benzene rings is 2. The van der Waals surface area contributed by atoms with Gasteiger partial charge in [-0.05, 0) is 48.5 Å². The van der Waals surface area contributed by atoms with Crippen molar-refractivity contribution in [1.29, 1.82) is 0 Å². The molecule has 1 fully saturated rings. The number of nitrogens with zero attached hydrogens (tertiary/aromatic N) is 1. The molecule has 0 radical (unpaired) electrons. The maximum atomic E-state index is 14.5. The Bertz CT molecular complexity index is 1460. The van der Waals surface area contributed by atoms with E-state index in [1.807, 2.05) is 0 Å². The van der Waals surface area contributed by atoms with Crippen LogP contribution in [-0.2, 0) is 13.8 Å². The molecule has 1 aliphatic heterocycles. The van der Waals surface area contributed by atoms with Gasteiger partial charge in [0, 0.05) is 0 Å². The minimum absolute atomic E-state index is 0.0881. The molecule has 1 aromatic heterocycles. The molecule has 2 heterocycles. The fourth-order valence-electron chi connectivity index (χ4n) is 3.83. The van der Waals surface area contributed by atoms with Gasteiger partial charge in [-0.15, -0.1) is 0 Å². The standard InChI is InChI=1S/C24H24F3N2O11P/c1-35-13-3-7-15(8-4-13)39-41(34,40-16-9-5-14(36-2)6-10-16)37-12-24(22(26)27)19(31)18(30)21(38-24)29-11-17(25)20(32)28-23(29)33/h3-11,18-19,21-22,30-31H,12H2,1-2H3,(H,28,32,33)/t18-,19-,21+,24+/m0/s1. The molecule has 0 aliphatic carbocycles. The number of hydrogen-bond acceptors (Lipinski definition) is 11. The largest absolute Gasteiger partial charge is 0.587 e. The second-order valence-electron chi connectivity index (χ2n) is 8.60. The van der Waals surface area contributed by atoms with Crippen molar-refractivity contribution in [1.82, 2.24) is 9.55 Å². The molecule has 1 saturated heterocycles. The number of phosphoric acid groups is 1. The molecular formula is C24H24F3N2O11P. The molecule has 4 atom stereocenters. The van der Waals surface area contributed by atoms with E-state index in [-0.39, 0.29) is 16.1 Å². The van der Waals surface area contributed by atoms with Crippen LogP contribution in [0.1, 0.15) is 6.23 Å². The van der Waals surface area contributed by atoms with E-state index in [0.717, 1.165) is 0 Å². The monoisotopic (exact) mass is 604 g/mol. The van der Waals surface area contributed by atoms with E-state index in [4.69, 9.17) is 27.8 Å². The van der Waals surface area contributed by atoms with Crippen LogP contribution >= 0.6 is 7.82 Å². The fraction of sp³-hybridized carbons (Fsp3) is 0.333. The first-order chi connectivity index (χ1) is 19.4. The highest BCUT2D eigenvalue weighted by Crippen LogP contribution is 2.52. The van der Waals surface area contributed by atoms with Crippen molar-refractivity contribution in [2.45, 2.75) is 30.5 Å². The number of hydrogen-bond donors (Lipinski definition) is 3. The fourth-order valence-corrected chi connectivity index (χ4v) is 5.09.